The van der Waals surface area contributed by atoms with Gasteiger partial charge in [0, 0.05) is 6.54 Å². The van der Waals surface area contributed by atoms with Gasteiger partial charge in [-0.25, -0.2) is 0 Å². The summed E-state index contributed by atoms with van der Waals surface area (Å²) in [5.74, 6) is 0.934. The second-order valence-corrected chi connectivity index (χ2v) is 5.51. The van der Waals surface area contributed by atoms with E-state index in [1.165, 1.54) is 5.56 Å². The molecule has 1 aromatic rings. The molecule has 0 aliphatic carbocycles. The van der Waals surface area contributed by atoms with Crippen molar-refractivity contribution in [3.63, 3.8) is 0 Å². The van der Waals surface area contributed by atoms with Crippen molar-refractivity contribution in [3.8, 4) is 5.75 Å². The highest BCUT2D eigenvalue weighted by molar-refractivity contribution is 5.28. The number of nitrogens with two attached hydrogens (primary N) is 1. The van der Waals surface area contributed by atoms with E-state index in [4.69, 9.17) is 10.5 Å². The van der Waals surface area contributed by atoms with Crippen molar-refractivity contribution >= 4 is 0 Å². The van der Waals surface area contributed by atoms with E-state index < -0.39 is 0 Å². The molecular formula is C15H26N2O. The SMILES string of the molecule is CCOc1ccc(CC(C)(CN)CN(C)C)cc1. The highest BCUT2D eigenvalue weighted by Crippen LogP contribution is 2.23. The lowest BCUT2D eigenvalue weighted by Gasteiger charge is -2.31. The summed E-state index contributed by atoms with van der Waals surface area (Å²) in [6, 6.07) is 8.33. The minimum Gasteiger partial charge on any atom is -0.494 e. The molecule has 0 bridgehead atoms. The smallest absolute Gasteiger partial charge is 0.119 e. The monoisotopic (exact) mass is 250 g/mol. The standard InChI is InChI=1S/C15H26N2O/c1-5-18-14-8-6-13(7-9-14)10-15(2,11-16)12-17(3)4/h6-9H,5,10-12,16H2,1-4H3. The molecule has 1 aromatic carbocycles. The number of benzene rings is 1. The predicted molar refractivity (Wildman–Crippen MR) is 77.0 cm³/mol. The van der Waals surface area contributed by atoms with Gasteiger partial charge in [-0.1, -0.05) is 19.1 Å². The predicted octanol–water partition coefficient (Wildman–Crippen LogP) is 2.15. The maximum atomic E-state index is 5.93. The van der Waals surface area contributed by atoms with Gasteiger partial charge in [-0.2, -0.15) is 0 Å². The second-order valence-electron chi connectivity index (χ2n) is 5.51. The summed E-state index contributed by atoms with van der Waals surface area (Å²) >= 11 is 0. The lowest BCUT2D eigenvalue weighted by Crippen LogP contribution is -2.39. The maximum Gasteiger partial charge on any atom is 0.119 e. The lowest BCUT2D eigenvalue weighted by atomic mass is 9.83. The third kappa shape index (κ3) is 4.67. The summed E-state index contributed by atoms with van der Waals surface area (Å²) in [4.78, 5) is 2.20. The van der Waals surface area contributed by atoms with E-state index in [-0.39, 0.29) is 5.41 Å². The number of hydrogen-bond acceptors (Lipinski definition) is 3. The van der Waals surface area contributed by atoms with Crippen LogP contribution in [0.25, 0.3) is 0 Å². The summed E-state index contributed by atoms with van der Waals surface area (Å²) in [5.41, 5.74) is 7.36. The van der Waals surface area contributed by atoms with E-state index in [1.54, 1.807) is 0 Å². The van der Waals surface area contributed by atoms with Gasteiger partial charge in [0.25, 0.3) is 0 Å². The van der Waals surface area contributed by atoms with Crippen molar-refractivity contribution in [1.29, 1.82) is 0 Å². The third-order valence-electron chi connectivity index (χ3n) is 3.06. The third-order valence-corrected chi connectivity index (χ3v) is 3.06. The zero-order valence-electron chi connectivity index (χ0n) is 12.1. The average Bonchev–Trinajstić information content (AvgIpc) is 2.31. The number of hydrogen-bond donors (Lipinski definition) is 1. The molecule has 3 heteroatoms. The van der Waals surface area contributed by atoms with Crippen molar-refractivity contribution in [2.45, 2.75) is 20.3 Å². The summed E-state index contributed by atoms with van der Waals surface area (Å²) in [6.07, 6.45) is 0.994. The van der Waals surface area contributed by atoms with Gasteiger partial charge in [-0.3, -0.25) is 0 Å². The molecule has 1 rings (SSSR count). The van der Waals surface area contributed by atoms with E-state index in [1.807, 2.05) is 19.1 Å². The molecule has 0 aliphatic rings. The van der Waals surface area contributed by atoms with Gasteiger partial charge in [0.15, 0.2) is 0 Å². The zero-order chi connectivity index (χ0) is 13.6. The van der Waals surface area contributed by atoms with Crippen molar-refractivity contribution < 1.29 is 4.74 Å². The molecule has 0 saturated carbocycles. The van der Waals surface area contributed by atoms with Crippen LogP contribution in [-0.4, -0.2) is 38.7 Å². The minimum atomic E-state index is 0.122. The Balaban J connectivity index is 2.69. The molecule has 102 valence electrons. The minimum absolute atomic E-state index is 0.122. The molecular weight excluding hydrogens is 224 g/mol. The summed E-state index contributed by atoms with van der Waals surface area (Å²) < 4.78 is 5.45. The highest BCUT2D eigenvalue weighted by Gasteiger charge is 2.23. The Kier molecular flexibility index (Phi) is 5.63. The van der Waals surface area contributed by atoms with Crippen molar-refractivity contribution in [3.05, 3.63) is 29.8 Å². The van der Waals surface area contributed by atoms with Crippen molar-refractivity contribution in [2.75, 3.05) is 33.8 Å². The van der Waals surface area contributed by atoms with E-state index in [2.05, 4.69) is 38.1 Å². The Morgan fingerprint density at radius 2 is 1.83 bits per heavy atom. The fourth-order valence-corrected chi connectivity index (χ4v) is 2.32. The molecule has 0 radical (unpaired) electrons. The first kappa shape index (κ1) is 15.0. The Bertz CT molecular complexity index is 348. The molecule has 0 fully saturated rings. The van der Waals surface area contributed by atoms with E-state index >= 15 is 0 Å². The molecule has 0 aromatic heterocycles. The molecule has 0 amide bonds. The molecule has 3 nitrogen and oxygen atoms in total. The summed E-state index contributed by atoms with van der Waals surface area (Å²) in [5, 5.41) is 0. The topological polar surface area (TPSA) is 38.5 Å². The van der Waals surface area contributed by atoms with E-state index in [0.29, 0.717) is 13.2 Å². The van der Waals surface area contributed by atoms with Gasteiger partial charge in [0.1, 0.15) is 5.75 Å². The summed E-state index contributed by atoms with van der Waals surface area (Å²) in [7, 11) is 4.18. The molecule has 1 unspecified atom stereocenters. The van der Waals surface area contributed by atoms with Crippen LogP contribution in [0.2, 0.25) is 0 Å². The number of nitrogens with zero attached hydrogens (tertiary/aromatic N) is 1. The molecule has 0 spiro atoms. The van der Waals surface area contributed by atoms with E-state index in [9.17, 15) is 0 Å². The van der Waals surface area contributed by atoms with Gasteiger partial charge in [0.05, 0.1) is 6.61 Å². The fraction of sp³-hybridized carbons (Fsp3) is 0.600. The number of rotatable bonds is 7. The van der Waals surface area contributed by atoms with E-state index in [0.717, 1.165) is 18.7 Å². The first-order valence-electron chi connectivity index (χ1n) is 6.55. The fourth-order valence-electron chi connectivity index (χ4n) is 2.32. The normalized spacial score (nSPS) is 14.6. The van der Waals surface area contributed by atoms with Crippen LogP contribution in [0.4, 0.5) is 0 Å². The largest absolute Gasteiger partial charge is 0.494 e. The molecule has 2 N–H and O–H groups in total. The van der Waals surface area contributed by atoms with Crippen LogP contribution in [0, 0.1) is 5.41 Å². The van der Waals surface area contributed by atoms with Crippen LogP contribution in [-0.2, 0) is 6.42 Å². The molecule has 0 aliphatic heterocycles. The van der Waals surface area contributed by atoms with Crippen LogP contribution in [0.5, 0.6) is 5.75 Å². The van der Waals surface area contributed by atoms with Crippen LogP contribution in [0.15, 0.2) is 24.3 Å². The van der Waals surface area contributed by atoms with Gasteiger partial charge in [-0.05, 0) is 57.1 Å². The van der Waals surface area contributed by atoms with Gasteiger partial charge < -0.3 is 15.4 Å². The van der Waals surface area contributed by atoms with Crippen LogP contribution >= 0.6 is 0 Å². The van der Waals surface area contributed by atoms with Crippen molar-refractivity contribution in [2.24, 2.45) is 11.1 Å². The Labute approximate surface area is 111 Å². The first-order chi connectivity index (χ1) is 8.49. The van der Waals surface area contributed by atoms with Crippen LogP contribution < -0.4 is 10.5 Å². The molecule has 18 heavy (non-hydrogen) atoms. The summed E-state index contributed by atoms with van der Waals surface area (Å²) in [6.45, 7) is 6.63. The first-order valence-corrected chi connectivity index (χ1v) is 6.55. The second kappa shape index (κ2) is 6.76. The Morgan fingerprint density at radius 1 is 1.22 bits per heavy atom. The average molecular weight is 250 g/mol. The van der Waals surface area contributed by atoms with Gasteiger partial charge >= 0.3 is 0 Å². The Hall–Kier alpha value is -1.06. The highest BCUT2D eigenvalue weighted by atomic mass is 16.5. The Morgan fingerprint density at radius 3 is 2.28 bits per heavy atom. The quantitative estimate of drug-likeness (QED) is 0.806. The maximum absolute atomic E-state index is 5.93. The molecule has 0 heterocycles. The molecule has 1 atom stereocenters. The zero-order valence-corrected chi connectivity index (χ0v) is 12.1. The molecule has 0 saturated heterocycles. The van der Waals surface area contributed by atoms with Gasteiger partial charge in [-0.15, -0.1) is 0 Å². The van der Waals surface area contributed by atoms with Crippen LogP contribution in [0.3, 0.4) is 0 Å². The number of ether oxygens (including phenoxy) is 1. The van der Waals surface area contributed by atoms with Crippen LogP contribution in [0.1, 0.15) is 19.4 Å². The van der Waals surface area contributed by atoms with Gasteiger partial charge in [0.2, 0.25) is 0 Å². The van der Waals surface area contributed by atoms with Crippen molar-refractivity contribution in [1.82, 2.24) is 4.90 Å². The lowest BCUT2D eigenvalue weighted by molar-refractivity contribution is 0.224.